The maximum absolute atomic E-state index is 12.6. The zero-order valence-corrected chi connectivity index (χ0v) is 15.9. The predicted molar refractivity (Wildman–Crippen MR) is 105 cm³/mol. The summed E-state index contributed by atoms with van der Waals surface area (Å²) in [5.74, 6) is 0.0407. The number of hydrogen-bond acceptors (Lipinski definition) is 5. The van der Waals surface area contributed by atoms with Gasteiger partial charge in [-0.25, -0.2) is 4.79 Å². The van der Waals surface area contributed by atoms with Gasteiger partial charge in [-0.3, -0.25) is 24.0 Å². The summed E-state index contributed by atoms with van der Waals surface area (Å²) in [6, 6.07) is 6.96. The van der Waals surface area contributed by atoms with E-state index >= 15 is 0 Å². The van der Waals surface area contributed by atoms with Crippen LogP contribution in [0.2, 0.25) is 0 Å². The molecule has 0 aliphatic carbocycles. The lowest BCUT2D eigenvalue weighted by molar-refractivity contribution is -0.133. The minimum absolute atomic E-state index is 0.0407. The van der Waals surface area contributed by atoms with Crippen LogP contribution in [-0.2, 0) is 16.1 Å². The van der Waals surface area contributed by atoms with Crippen molar-refractivity contribution >= 4 is 16.8 Å². The van der Waals surface area contributed by atoms with E-state index in [4.69, 9.17) is 4.74 Å². The molecule has 0 bridgehead atoms. The largest absolute Gasteiger partial charge is 0.377 e. The number of hydrogen-bond donors (Lipinski definition) is 1. The zero-order valence-electron chi connectivity index (χ0n) is 15.9. The van der Waals surface area contributed by atoms with Gasteiger partial charge in [-0.2, -0.15) is 0 Å². The van der Waals surface area contributed by atoms with Crippen molar-refractivity contribution in [1.82, 2.24) is 19.4 Å². The minimum atomic E-state index is -0.474. The maximum Gasteiger partial charge on any atom is 0.328 e. The van der Waals surface area contributed by atoms with Gasteiger partial charge in [-0.15, -0.1) is 0 Å². The fraction of sp³-hybridized carbons (Fsp3) is 0.550. The van der Waals surface area contributed by atoms with E-state index in [1.807, 2.05) is 4.90 Å². The molecule has 2 aliphatic heterocycles. The van der Waals surface area contributed by atoms with E-state index in [0.29, 0.717) is 30.1 Å². The van der Waals surface area contributed by atoms with Crippen LogP contribution in [0, 0.1) is 0 Å². The lowest BCUT2D eigenvalue weighted by Crippen LogP contribution is -2.50. The molecule has 2 aromatic rings. The van der Waals surface area contributed by atoms with E-state index in [1.165, 1.54) is 4.57 Å². The van der Waals surface area contributed by atoms with Crippen LogP contribution in [0.4, 0.5) is 0 Å². The van der Waals surface area contributed by atoms with Gasteiger partial charge in [-0.05, 0) is 25.0 Å². The second-order valence-electron chi connectivity index (χ2n) is 7.49. The molecular weight excluding hydrogens is 360 g/mol. The molecule has 2 saturated heterocycles. The van der Waals surface area contributed by atoms with Crippen molar-refractivity contribution in [3.63, 3.8) is 0 Å². The molecule has 28 heavy (non-hydrogen) atoms. The van der Waals surface area contributed by atoms with Gasteiger partial charge in [0, 0.05) is 52.3 Å². The van der Waals surface area contributed by atoms with E-state index in [-0.39, 0.29) is 18.9 Å². The number of amides is 1. The number of ether oxygens (including phenoxy) is 1. The minimum Gasteiger partial charge on any atom is -0.377 e. The molecule has 2 aliphatic rings. The third-order valence-electron chi connectivity index (χ3n) is 5.67. The Bertz CT molecular complexity index is 953. The zero-order chi connectivity index (χ0) is 19.5. The molecule has 1 amide bonds. The van der Waals surface area contributed by atoms with Gasteiger partial charge >= 0.3 is 5.69 Å². The van der Waals surface area contributed by atoms with Crippen molar-refractivity contribution in [3.8, 4) is 0 Å². The van der Waals surface area contributed by atoms with Crippen LogP contribution in [0.1, 0.15) is 19.3 Å². The number of nitrogens with one attached hydrogen (secondary N) is 1. The van der Waals surface area contributed by atoms with Crippen LogP contribution in [-0.4, -0.2) is 70.7 Å². The first-order chi connectivity index (χ1) is 13.6. The average molecular weight is 386 g/mol. The van der Waals surface area contributed by atoms with Gasteiger partial charge in [0.25, 0.3) is 5.56 Å². The monoisotopic (exact) mass is 386 g/mol. The molecule has 2 fully saturated rings. The first-order valence-electron chi connectivity index (χ1n) is 9.95. The highest BCUT2D eigenvalue weighted by atomic mass is 16.5. The normalized spacial score (nSPS) is 20.7. The van der Waals surface area contributed by atoms with Crippen molar-refractivity contribution in [2.45, 2.75) is 31.9 Å². The summed E-state index contributed by atoms with van der Waals surface area (Å²) in [5, 5.41) is 0.456. The van der Waals surface area contributed by atoms with Crippen LogP contribution in [0.5, 0.6) is 0 Å². The Hall–Kier alpha value is -2.45. The summed E-state index contributed by atoms with van der Waals surface area (Å²) in [5.41, 5.74) is -0.311. The predicted octanol–water partition coefficient (Wildman–Crippen LogP) is 0.403. The molecule has 150 valence electrons. The number of aromatic nitrogens is 2. The van der Waals surface area contributed by atoms with E-state index in [9.17, 15) is 14.4 Å². The number of rotatable bonds is 5. The van der Waals surface area contributed by atoms with Gasteiger partial charge in [-0.1, -0.05) is 12.1 Å². The van der Waals surface area contributed by atoms with Gasteiger partial charge in [0.2, 0.25) is 5.91 Å². The first kappa shape index (κ1) is 18.9. The molecule has 8 heteroatoms. The number of benzene rings is 1. The first-order valence-corrected chi connectivity index (χ1v) is 9.95. The number of aromatic amines is 1. The Morgan fingerprint density at radius 3 is 2.68 bits per heavy atom. The maximum atomic E-state index is 12.6. The fourth-order valence-corrected chi connectivity index (χ4v) is 4.09. The highest BCUT2D eigenvalue weighted by molar-refractivity contribution is 5.79. The van der Waals surface area contributed by atoms with Crippen molar-refractivity contribution in [2.24, 2.45) is 0 Å². The van der Waals surface area contributed by atoms with Crippen molar-refractivity contribution < 1.29 is 9.53 Å². The number of carbonyl (C=O) groups excluding carboxylic acids is 1. The summed E-state index contributed by atoms with van der Waals surface area (Å²) in [7, 11) is 0. The summed E-state index contributed by atoms with van der Waals surface area (Å²) in [6.07, 6.45) is 2.84. The van der Waals surface area contributed by atoms with Gasteiger partial charge in [0.05, 0.1) is 17.0 Å². The van der Waals surface area contributed by atoms with Crippen LogP contribution in [0.3, 0.4) is 0 Å². The third kappa shape index (κ3) is 4.02. The molecule has 1 atom stereocenters. The van der Waals surface area contributed by atoms with Gasteiger partial charge < -0.3 is 9.64 Å². The molecular formula is C20H26N4O4. The van der Waals surface area contributed by atoms with E-state index < -0.39 is 11.2 Å². The molecule has 8 nitrogen and oxygen atoms in total. The third-order valence-corrected chi connectivity index (χ3v) is 5.67. The smallest absolute Gasteiger partial charge is 0.328 e. The quantitative estimate of drug-likeness (QED) is 0.804. The highest BCUT2D eigenvalue weighted by Crippen LogP contribution is 2.15. The number of H-pyrrole nitrogens is 1. The Kier molecular flexibility index (Phi) is 5.59. The highest BCUT2D eigenvalue weighted by Gasteiger charge is 2.24. The second kappa shape index (κ2) is 8.28. The Labute approximate surface area is 162 Å². The van der Waals surface area contributed by atoms with Crippen LogP contribution in [0.15, 0.2) is 33.9 Å². The summed E-state index contributed by atoms with van der Waals surface area (Å²) < 4.78 is 7.17. The molecule has 3 heterocycles. The summed E-state index contributed by atoms with van der Waals surface area (Å²) in [6.45, 7) is 5.17. The summed E-state index contributed by atoms with van der Waals surface area (Å²) >= 11 is 0. The molecule has 1 aromatic heterocycles. The Morgan fingerprint density at radius 1 is 1.14 bits per heavy atom. The lowest BCUT2D eigenvalue weighted by atomic mass is 10.2. The number of carbonyl (C=O) groups is 1. The summed E-state index contributed by atoms with van der Waals surface area (Å²) in [4.78, 5) is 43.3. The van der Waals surface area contributed by atoms with Gasteiger partial charge in [0.1, 0.15) is 0 Å². The Balaban J connectivity index is 1.35. The standard InChI is InChI=1S/C20H26N4O4/c25-18(23-11-9-22(10-12-23)14-15-4-3-13-28-15)7-8-24-17-6-2-1-5-16(17)19(26)21-20(24)27/h1-2,5-6,15H,3-4,7-14H2,(H,21,26,27). The van der Waals surface area contributed by atoms with E-state index in [1.54, 1.807) is 24.3 Å². The molecule has 0 radical (unpaired) electrons. The SMILES string of the molecule is O=C(CCn1c(=O)[nH]c(=O)c2ccccc21)N1CCN(CC2CCCO2)CC1. The fourth-order valence-electron chi connectivity index (χ4n) is 4.09. The number of nitrogens with zero attached hydrogens (tertiary/aromatic N) is 3. The number of para-hydroxylation sites is 1. The number of fused-ring (bicyclic) bond motifs is 1. The van der Waals surface area contributed by atoms with E-state index in [2.05, 4.69) is 9.88 Å². The number of piperazine rings is 1. The molecule has 1 N–H and O–H groups in total. The van der Waals surface area contributed by atoms with Crippen LogP contribution >= 0.6 is 0 Å². The van der Waals surface area contributed by atoms with Crippen molar-refractivity contribution in [2.75, 3.05) is 39.3 Å². The lowest BCUT2D eigenvalue weighted by Gasteiger charge is -2.35. The number of aryl methyl sites for hydroxylation is 1. The van der Waals surface area contributed by atoms with Gasteiger partial charge in [0.15, 0.2) is 0 Å². The molecule has 1 unspecified atom stereocenters. The Morgan fingerprint density at radius 2 is 1.93 bits per heavy atom. The molecule has 0 spiro atoms. The van der Waals surface area contributed by atoms with Crippen molar-refractivity contribution in [1.29, 1.82) is 0 Å². The molecule has 1 aromatic carbocycles. The average Bonchev–Trinajstić information content (AvgIpc) is 3.21. The molecule has 0 saturated carbocycles. The second-order valence-corrected chi connectivity index (χ2v) is 7.49. The van der Waals surface area contributed by atoms with Crippen molar-refractivity contribution in [3.05, 3.63) is 45.1 Å². The van der Waals surface area contributed by atoms with Crippen LogP contribution < -0.4 is 11.2 Å². The van der Waals surface area contributed by atoms with E-state index in [0.717, 1.165) is 39.1 Å². The topological polar surface area (TPSA) is 87.6 Å². The van der Waals surface area contributed by atoms with Crippen LogP contribution in [0.25, 0.3) is 10.9 Å². The molecule has 4 rings (SSSR count).